The number of halogens is 4. The van der Waals surface area contributed by atoms with Crippen molar-refractivity contribution in [3.63, 3.8) is 0 Å². The molecule has 19 heavy (non-hydrogen) atoms. The van der Waals surface area contributed by atoms with Gasteiger partial charge in [0.05, 0.1) is 5.56 Å². The van der Waals surface area contributed by atoms with Gasteiger partial charge in [0, 0.05) is 18.5 Å². The summed E-state index contributed by atoms with van der Waals surface area (Å²) < 4.78 is 37.8. The van der Waals surface area contributed by atoms with Crippen molar-refractivity contribution >= 4 is 11.6 Å². The maximum Gasteiger partial charge on any atom is 0.416 e. The molecule has 0 spiro atoms. The minimum absolute atomic E-state index is 0.284. The van der Waals surface area contributed by atoms with Crippen molar-refractivity contribution in [3.8, 4) is 0 Å². The Morgan fingerprint density at radius 3 is 2.58 bits per heavy atom. The van der Waals surface area contributed by atoms with E-state index in [0.717, 1.165) is 25.5 Å². The van der Waals surface area contributed by atoms with E-state index in [1.54, 1.807) is 6.07 Å². The van der Waals surface area contributed by atoms with E-state index < -0.39 is 11.7 Å². The van der Waals surface area contributed by atoms with Gasteiger partial charge in [-0.2, -0.15) is 13.2 Å². The van der Waals surface area contributed by atoms with Crippen LogP contribution in [0, 0.1) is 5.92 Å². The third-order valence-electron chi connectivity index (χ3n) is 3.45. The third kappa shape index (κ3) is 4.11. The van der Waals surface area contributed by atoms with E-state index in [9.17, 15) is 13.2 Å². The number of alkyl halides is 4. The number of hydrogen-bond donors (Lipinski definition) is 0. The largest absolute Gasteiger partial charge is 0.416 e. The summed E-state index contributed by atoms with van der Waals surface area (Å²) >= 11 is 5.91. The Kier molecular flexibility index (Phi) is 4.41. The lowest BCUT2D eigenvalue weighted by molar-refractivity contribution is -0.137. The Morgan fingerprint density at radius 1 is 1.32 bits per heavy atom. The lowest BCUT2D eigenvalue weighted by Crippen LogP contribution is -2.34. The zero-order valence-electron chi connectivity index (χ0n) is 10.8. The zero-order valence-corrected chi connectivity index (χ0v) is 11.5. The zero-order chi connectivity index (χ0) is 14.0. The molecule has 1 aromatic rings. The maximum atomic E-state index is 12.6. The first-order chi connectivity index (χ1) is 8.84. The highest BCUT2D eigenvalue weighted by atomic mass is 35.5. The van der Waals surface area contributed by atoms with Crippen LogP contribution in [0.5, 0.6) is 0 Å². The Hall–Kier alpha value is -0.740. The SMILES string of the molecule is CN(Cc1cccc(C(F)(F)F)c1)CC1CC(Cl)C1. The summed E-state index contributed by atoms with van der Waals surface area (Å²) in [5, 5.41) is 0.284. The predicted octanol–water partition coefficient (Wildman–Crippen LogP) is 4.15. The highest BCUT2D eigenvalue weighted by Crippen LogP contribution is 2.33. The molecule has 0 saturated heterocycles. The van der Waals surface area contributed by atoms with Gasteiger partial charge in [0.2, 0.25) is 0 Å². The molecule has 5 heteroatoms. The van der Waals surface area contributed by atoms with E-state index >= 15 is 0 Å². The molecule has 0 atom stereocenters. The molecule has 0 radical (unpaired) electrons. The van der Waals surface area contributed by atoms with E-state index in [0.29, 0.717) is 18.0 Å². The Balaban J connectivity index is 1.91. The summed E-state index contributed by atoms with van der Waals surface area (Å²) in [5.41, 5.74) is 0.113. The van der Waals surface area contributed by atoms with Crippen molar-refractivity contribution < 1.29 is 13.2 Å². The van der Waals surface area contributed by atoms with E-state index in [2.05, 4.69) is 4.90 Å². The van der Waals surface area contributed by atoms with Crippen LogP contribution in [0.1, 0.15) is 24.0 Å². The maximum absolute atomic E-state index is 12.6. The highest BCUT2D eigenvalue weighted by Gasteiger charge is 2.31. The summed E-state index contributed by atoms with van der Waals surface area (Å²) in [4.78, 5) is 2.06. The fourth-order valence-electron chi connectivity index (χ4n) is 2.47. The Bertz CT molecular complexity index is 427. The molecule has 0 bridgehead atoms. The van der Waals surface area contributed by atoms with Crippen LogP contribution in [-0.4, -0.2) is 23.9 Å². The third-order valence-corrected chi connectivity index (χ3v) is 3.81. The first kappa shape index (κ1) is 14.7. The number of nitrogens with zero attached hydrogens (tertiary/aromatic N) is 1. The Labute approximate surface area is 116 Å². The second-order valence-electron chi connectivity index (χ2n) is 5.33. The predicted molar refractivity (Wildman–Crippen MR) is 70.1 cm³/mol. The van der Waals surface area contributed by atoms with E-state index in [1.807, 2.05) is 7.05 Å². The van der Waals surface area contributed by atoms with E-state index in [-0.39, 0.29) is 5.38 Å². The summed E-state index contributed by atoms with van der Waals surface area (Å²) in [6.45, 7) is 1.42. The minimum atomic E-state index is -4.27. The van der Waals surface area contributed by atoms with Gasteiger partial charge in [-0.3, -0.25) is 0 Å². The molecule has 1 aromatic carbocycles. The molecule has 0 N–H and O–H groups in total. The first-order valence-electron chi connectivity index (χ1n) is 6.33. The van der Waals surface area contributed by atoms with Crippen LogP contribution in [0.2, 0.25) is 0 Å². The molecule has 1 saturated carbocycles. The van der Waals surface area contributed by atoms with Crippen LogP contribution in [0.25, 0.3) is 0 Å². The molecule has 1 fully saturated rings. The monoisotopic (exact) mass is 291 g/mol. The van der Waals surface area contributed by atoms with Crippen LogP contribution in [0.4, 0.5) is 13.2 Å². The van der Waals surface area contributed by atoms with Crippen LogP contribution in [-0.2, 0) is 12.7 Å². The van der Waals surface area contributed by atoms with Crippen molar-refractivity contribution in [2.45, 2.75) is 30.9 Å². The van der Waals surface area contributed by atoms with Gasteiger partial charge in [-0.1, -0.05) is 18.2 Å². The fourth-order valence-corrected chi connectivity index (χ4v) is 2.97. The molecule has 2 rings (SSSR count). The topological polar surface area (TPSA) is 3.24 Å². The van der Waals surface area contributed by atoms with Gasteiger partial charge in [-0.25, -0.2) is 0 Å². The normalized spacial score (nSPS) is 23.5. The average molecular weight is 292 g/mol. The van der Waals surface area contributed by atoms with Crippen molar-refractivity contribution in [1.82, 2.24) is 4.90 Å². The molecule has 0 unspecified atom stereocenters. The molecule has 0 aromatic heterocycles. The second kappa shape index (κ2) is 5.71. The molecule has 106 valence electrons. The number of rotatable bonds is 4. The van der Waals surface area contributed by atoms with Gasteiger partial charge in [-0.05, 0) is 37.4 Å². The van der Waals surface area contributed by atoms with Crippen molar-refractivity contribution in [2.24, 2.45) is 5.92 Å². The molecular formula is C14H17ClF3N. The lowest BCUT2D eigenvalue weighted by Gasteiger charge is -2.34. The summed E-state index contributed by atoms with van der Waals surface area (Å²) in [7, 11) is 1.93. The van der Waals surface area contributed by atoms with Crippen molar-refractivity contribution in [3.05, 3.63) is 35.4 Å². The molecular weight excluding hydrogens is 275 g/mol. The van der Waals surface area contributed by atoms with Gasteiger partial charge < -0.3 is 4.90 Å². The quantitative estimate of drug-likeness (QED) is 0.753. The van der Waals surface area contributed by atoms with E-state index in [1.165, 1.54) is 12.1 Å². The number of hydrogen-bond acceptors (Lipinski definition) is 1. The van der Waals surface area contributed by atoms with Crippen molar-refractivity contribution in [1.29, 1.82) is 0 Å². The first-order valence-corrected chi connectivity index (χ1v) is 6.77. The molecule has 0 amide bonds. The fraction of sp³-hybridized carbons (Fsp3) is 0.571. The second-order valence-corrected chi connectivity index (χ2v) is 5.95. The van der Waals surface area contributed by atoms with Crippen LogP contribution in [0.15, 0.2) is 24.3 Å². The number of benzene rings is 1. The smallest absolute Gasteiger partial charge is 0.302 e. The molecule has 1 aliphatic carbocycles. The Morgan fingerprint density at radius 2 is 2.00 bits per heavy atom. The van der Waals surface area contributed by atoms with Gasteiger partial charge in [-0.15, -0.1) is 11.6 Å². The highest BCUT2D eigenvalue weighted by molar-refractivity contribution is 6.21. The van der Waals surface area contributed by atoms with E-state index in [4.69, 9.17) is 11.6 Å². The molecule has 0 heterocycles. The van der Waals surface area contributed by atoms with Crippen molar-refractivity contribution in [2.75, 3.05) is 13.6 Å². The molecule has 0 aliphatic heterocycles. The van der Waals surface area contributed by atoms with Gasteiger partial charge in [0.15, 0.2) is 0 Å². The summed E-state index contributed by atoms with van der Waals surface area (Å²) in [6.07, 6.45) is -2.25. The van der Waals surface area contributed by atoms with Crippen LogP contribution < -0.4 is 0 Å². The molecule has 1 aliphatic rings. The summed E-state index contributed by atoms with van der Waals surface area (Å²) in [6, 6.07) is 5.52. The summed E-state index contributed by atoms with van der Waals surface area (Å²) in [5.74, 6) is 0.582. The minimum Gasteiger partial charge on any atom is -0.302 e. The van der Waals surface area contributed by atoms with Gasteiger partial charge in [0.1, 0.15) is 0 Å². The van der Waals surface area contributed by atoms with Gasteiger partial charge >= 0.3 is 6.18 Å². The van der Waals surface area contributed by atoms with Gasteiger partial charge in [0.25, 0.3) is 0 Å². The standard InChI is InChI=1S/C14H17ClF3N/c1-19(9-11-6-13(15)7-11)8-10-3-2-4-12(5-10)14(16,17)18/h2-5,11,13H,6-9H2,1H3. The van der Waals surface area contributed by atoms with Crippen LogP contribution >= 0.6 is 11.6 Å². The average Bonchev–Trinajstić information content (AvgIpc) is 2.26. The lowest BCUT2D eigenvalue weighted by atomic mass is 9.84. The molecule has 1 nitrogen and oxygen atoms in total. The van der Waals surface area contributed by atoms with Crippen LogP contribution in [0.3, 0.4) is 0 Å².